The molecular formula is C21H28N4O5S. The number of aryl methyl sites for hydroxylation is 1. The van der Waals surface area contributed by atoms with E-state index in [9.17, 15) is 13.2 Å². The van der Waals surface area contributed by atoms with Crippen LogP contribution in [-0.4, -0.2) is 47.8 Å². The van der Waals surface area contributed by atoms with Crippen LogP contribution in [0.15, 0.2) is 41.6 Å². The van der Waals surface area contributed by atoms with E-state index in [1.54, 1.807) is 7.05 Å². The predicted octanol–water partition coefficient (Wildman–Crippen LogP) is 1.24. The van der Waals surface area contributed by atoms with E-state index in [4.69, 9.17) is 9.90 Å². The third-order valence-electron chi connectivity index (χ3n) is 5.76. The molecule has 0 aliphatic heterocycles. The predicted molar refractivity (Wildman–Crippen MR) is 114 cm³/mol. The second-order valence-electron chi connectivity index (χ2n) is 8.02. The molecule has 0 spiro atoms. The van der Waals surface area contributed by atoms with Gasteiger partial charge in [0.15, 0.2) is 0 Å². The average Bonchev–Trinajstić information content (AvgIpc) is 3.35. The Labute approximate surface area is 181 Å². The molecule has 1 aromatic carbocycles. The van der Waals surface area contributed by atoms with E-state index in [1.165, 1.54) is 28.2 Å². The fourth-order valence-corrected chi connectivity index (χ4v) is 5.58. The lowest BCUT2D eigenvalue weighted by Gasteiger charge is -2.30. The van der Waals surface area contributed by atoms with Crippen LogP contribution in [0.2, 0.25) is 0 Å². The molecule has 10 heteroatoms. The maximum Gasteiger partial charge on any atom is 0.290 e. The van der Waals surface area contributed by atoms with Crippen LogP contribution in [0.4, 0.5) is 0 Å². The van der Waals surface area contributed by atoms with Gasteiger partial charge < -0.3 is 10.4 Å². The fourth-order valence-electron chi connectivity index (χ4n) is 4.32. The van der Waals surface area contributed by atoms with Gasteiger partial charge in [0.2, 0.25) is 15.9 Å². The van der Waals surface area contributed by atoms with Crippen LogP contribution in [0.3, 0.4) is 0 Å². The molecule has 0 radical (unpaired) electrons. The minimum Gasteiger partial charge on any atom is -0.483 e. The first-order valence-electron chi connectivity index (χ1n) is 10.3. The number of carbonyl (C=O) groups is 2. The van der Waals surface area contributed by atoms with Crippen LogP contribution in [0, 0.1) is 5.92 Å². The number of hydrogen-bond acceptors (Lipinski definition) is 5. The van der Waals surface area contributed by atoms with E-state index in [-0.39, 0.29) is 35.3 Å². The molecule has 2 aliphatic rings. The number of carbonyl (C=O) groups excluding carboxylic acids is 1. The Balaban J connectivity index is 0.000000858. The Morgan fingerprint density at radius 1 is 1.19 bits per heavy atom. The van der Waals surface area contributed by atoms with Crippen LogP contribution in [-0.2, 0) is 39.5 Å². The Morgan fingerprint density at radius 2 is 1.81 bits per heavy atom. The van der Waals surface area contributed by atoms with Gasteiger partial charge in [0.1, 0.15) is 4.90 Å². The lowest BCUT2D eigenvalue weighted by Crippen LogP contribution is -2.47. The summed E-state index contributed by atoms with van der Waals surface area (Å²) in [5.41, 5.74) is 2.52. The summed E-state index contributed by atoms with van der Waals surface area (Å²) >= 11 is 0. The molecule has 0 saturated heterocycles. The molecule has 2 atom stereocenters. The molecule has 1 saturated carbocycles. The van der Waals surface area contributed by atoms with Gasteiger partial charge in [-0.1, -0.05) is 24.3 Å². The standard InChI is InChI=1S/C20H26N4O3S.CH2O2/c1-24-13-19(12-21-24)28(26,27)23-18-8-4-7-17(11-18)22-20(25)16-9-14-5-2-3-6-15(14)10-16;2-1-3/h2-3,5-6,12-13,16-18,23H,4,7-11H2,1H3,(H,22,25);1H,(H,2,3)/t17-,18-;/m1./s1. The molecule has 1 fully saturated rings. The number of hydrogen-bond donors (Lipinski definition) is 3. The molecule has 4 rings (SSSR count). The lowest BCUT2D eigenvalue weighted by atomic mass is 9.91. The summed E-state index contributed by atoms with van der Waals surface area (Å²) < 4.78 is 29.3. The van der Waals surface area contributed by atoms with Gasteiger partial charge in [-0.15, -0.1) is 0 Å². The van der Waals surface area contributed by atoms with Crippen LogP contribution in [0.1, 0.15) is 36.8 Å². The molecule has 0 bridgehead atoms. The third-order valence-corrected chi connectivity index (χ3v) is 7.23. The zero-order valence-electron chi connectivity index (χ0n) is 17.4. The number of fused-ring (bicyclic) bond motifs is 1. The molecule has 1 heterocycles. The maximum absolute atomic E-state index is 12.7. The summed E-state index contributed by atoms with van der Waals surface area (Å²) in [5, 5.41) is 14.0. The number of rotatable bonds is 5. The number of benzene rings is 1. The first-order valence-corrected chi connectivity index (χ1v) is 11.8. The Bertz CT molecular complexity index is 995. The van der Waals surface area contributed by atoms with Crippen LogP contribution in [0.25, 0.3) is 0 Å². The second-order valence-corrected chi connectivity index (χ2v) is 9.73. The quantitative estimate of drug-likeness (QED) is 0.590. The Morgan fingerprint density at radius 3 is 2.39 bits per heavy atom. The summed E-state index contributed by atoms with van der Waals surface area (Å²) in [7, 11) is -1.90. The van der Waals surface area contributed by atoms with Crippen molar-refractivity contribution in [1.82, 2.24) is 19.8 Å². The van der Waals surface area contributed by atoms with Crippen LogP contribution < -0.4 is 10.0 Å². The van der Waals surface area contributed by atoms with Gasteiger partial charge in [-0.2, -0.15) is 5.10 Å². The molecule has 2 aromatic rings. The third kappa shape index (κ3) is 5.92. The largest absolute Gasteiger partial charge is 0.483 e. The summed E-state index contributed by atoms with van der Waals surface area (Å²) in [5.74, 6) is 0.0572. The molecule has 9 nitrogen and oxygen atoms in total. The minimum atomic E-state index is -3.59. The molecule has 0 unspecified atom stereocenters. The van der Waals surface area contributed by atoms with Crippen molar-refractivity contribution in [2.45, 2.75) is 55.5 Å². The normalized spacial score (nSPS) is 20.9. The lowest BCUT2D eigenvalue weighted by molar-refractivity contribution is -0.125. The van der Waals surface area contributed by atoms with Crippen molar-refractivity contribution in [3.8, 4) is 0 Å². The van der Waals surface area contributed by atoms with Gasteiger partial charge in [-0.05, 0) is 49.7 Å². The van der Waals surface area contributed by atoms with E-state index in [2.05, 4.69) is 27.3 Å². The summed E-state index contributed by atoms with van der Waals surface area (Å²) in [6, 6.07) is 8.04. The summed E-state index contributed by atoms with van der Waals surface area (Å²) in [4.78, 5) is 21.3. The Hall–Kier alpha value is -2.72. The second kappa shape index (κ2) is 10.1. The first-order chi connectivity index (χ1) is 14.8. The van der Waals surface area contributed by atoms with Crippen molar-refractivity contribution in [2.75, 3.05) is 0 Å². The molecule has 1 aromatic heterocycles. The minimum absolute atomic E-state index is 0.00607. The van der Waals surface area contributed by atoms with Crippen molar-refractivity contribution in [2.24, 2.45) is 13.0 Å². The van der Waals surface area contributed by atoms with E-state index in [0.717, 1.165) is 32.1 Å². The zero-order valence-corrected chi connectivity index (χ0v) is 18.2. The van der Waals surface area contributed by atoms with E-state index >= 15 is 0 Å². The topological polar surface area (TPSA) is 130 Å². The number of sulfonamides is 1. The van der Waals surface area contributed by atoms with Gasteiger partial charge in [-0.3, -0.25) is 14.3 Å². The fraction of sp³-hybridized carbons (Fsp3) is 0.476. The number of nitrogens with one attached hydrogen (secondary N) is 2. The van der Waals surface area contributed by atoms with Gasteiger partial charge in [0, 0.05) is 31.2 Å². The van der Waals surface area contributed by atoms with Gasteiger partial charge in [0.05, 0.1) is 6.20 Å². The first kappa shape index (κ1) is 23.0. The van der Waals surface area contributed by atoms with Crippen molar-refractivity contribution >= 4 is 22.4 Å². The summed E-state index contributed by atoms with van der Waals surface area (Å²) in [6.07, 6.45) is 7.57. The number of nitrogens with zero attached hydrogens (tertiary/aromatic N) is 2. The van der Waals surface area contributed by atoms with Crippen molar-refractivity contribution < 1.29 is 23.1 Å². The van der Waals surface area contributed by atoms with Crippen molar-refractivity contribution in [1.29, 1.82) is 0 Å². The Kier molecular flexibility index (Phi) is 7.45. The highest BCUT2D eigenvalue weighted by molar-refractivity contribution is 7.89. The number of carboxylic acid groups (broad SMARTS) is 1. The van der Waals surface area contributed by atoms with Crippen LogP contribution in [0.5, 0.6) is 0 Å². The number of amides is 1. The van der Waals surface area contributed by atoms with Gasteiger partial charge in [0.25, 0.3) is 6.47 Å². The van der Waals surface area contributed by atoms with Gasteiger partial charge in [-0.25, -0.2) is 13.1 Å². The van der Waals surface area contributed by atoms with Crippen LogP contribution >= 0.6 is 0 Å². The average molecular weight is 449 g/mol. The van der Waals surface area contributed by atoms with Gasteiger partial charge >= 0.3 is 0 Å². The molecular weight excluding hydrogens is 420 g/mol. The van der Waals surface area contributed by atoms with E-state index in [1.807, 2.05) is 12.1 Å². The molecule has 1 amide bonds. The molecule has 3 N–H and O–H groups in total. The van der Waals surface area contributed by atoms with E-state index < -0.39 is 10.0 Å². The smallest absolute Gasteiger partial charge is 0.290 e. The highest BCUT2D eigenvalue weighted by Gasteiger charge is 2.31. The number of aromatic nitrogens is 2. The monoisotopic (exact) mass is 448 g/mol. The highest BCUT2D eigenvalue weighted by atomic mass is 32.2. The molecule has 31 heavy (non-hydrogen) atoms. The molecule has 168 valence electrons. The van der Waals surface area contributed by atoms with Crippen molar-refractivity contribution in [3.63, 3.8) is 0 Å². The van der Waals surface area contributed by atoms with E-state index in [0.29, 0.717) is 6.42 Å². The van der Waals surface area contributed by atoms with Crippen molar-refractivity contribution in [3.05, 3.63) is 47.8 Å². The highest BCUT2D eigenvalue weighted by Crippen LogP contribution is 2.27. The maximum atomic E-state index is 12.7. The summed E-state index contributed by atoms with van der Waals surface area (Å²) in [6.45, 7) is -0.250. The SMILES string of the molecule is Cn1cc(S(=O)(=O)N[C@@H]2CCC[C@@H](NC(=O)C3Cc4ccccc4C3)C2)cn1.O=CO. The molecule has 2 aliphatic carbocycles. The zero-order chi connectivity index (χ0) is 22.4.